The molecule has 2 aromatic rings. The van der Waals surface area contributed by atoms with E-state index in [1.165, 1.54) is 31.4 Å². The summed E-state index contributed by atoms with van der Waals surface area (Å²) in [7, 11) is 0. The Labute approximate surface area is 141 Å². The van der Waals surface area contributed by atoms with E-state index in [0.29, 0.717) is 5.75 Å². The van der Waals surface area contributed by atoms with Gasteiger partial charge in [-0.1, -0.05) is 18.2 Å². The highest BCUT2D eigenvalue weighted by Crippen LogP contribution is 2.28. The molecule has 0 atom stereocenters. The zero-order valence-electron chi connectivity index (χ0n) is 13.5. The molecular weight excluding hydrogens is 307 g/mol. The van der Waals surface area contributed by atoms with Gasteiger partial charge in [-0.25, -0.2) is 4.39 Å². The molecule has 0 bridgehead atoms. The number of carbonyl (C=O) groups excluding carboxylic acids is 1. The van der Waals surface area contributed by atoms with Crippen LogP contribution in [0.25, 0.3) is 0 Å². The quantitative estimate of drug-likeness (QED) is 0.907. The molecule has 126 valence electrons. The molecule has 3 rings (SSSR count). The van der Waals surface area contributed by atoms with Crippen molar-refractivity contribution in [1.29, 1.82) is 0 Å². The van der Waals surface area contributed by atoms with Crippen LogP contribution in [0.4, 0.5) is 15.8 Å². The third kappa shape index (κ3) is 4.25. The molecule has 0 radical (unpaired) electrons. The molecule has 1 aliphatic rings. The number of hydrogen-bond donors (Lipinski definition) is 1. The summed E-state index contributed by atoms with van der Waals surface area (Å²) in [6, 6.07) is 13.6. The van der Waals surface area contributed by atoms with Gasteiger partial charge in [0.05, 0.1) is 11.4 Å². The number of nitrogens with zero attached hydrogens (tertiary/aromatic N) is 1. The lowest BCUT2D eigenvalue weighted by Crippen LogP contribution is -2.30. The number of rotatable bonds is 5. The third-order valence-electron chi connectivity index (χ3n) is 4.04. The second-order valence-corrected chi connectivity index (χ2v) is 5.86. The summed E-state index contributed by atoms with van der Waals surface area (Å²) < 4.78 is 18.5. The lowest BCUT2D eigenvalue weighted by atomic mass is 10.1. The van der Waals surface area contributed by atoms with Crippen LogP contribution in [0.1, 0.15) is 19.3 Å². The fourth-order valence-corrected chi connectivity index (χ4v) is 2.88. The Morgan fingerprint density at radius 3 is 2.67 bits per heavy atom. The van der Waals surface area contributed by atoms with Crippen LogP contribution in [0.15, 0.2) is 48.5 Å². The van der Waals surface area contributed by atoms with Crippen molar-refractivity contribution < 1.29 is 13.9 Å². The zero-order valence-corrected chi connectivity index (χ0v) is 13.5. The average Bonchev–Trinajstić information content (AvgIpc) is 2.61. The van der Waals surface area contributed by atoms with Crippen LogP contribution in [-0.4, -0.2) is 25.6 Å². The van der Waals surface area contributed by atoms with Crippen molar-refractivity contribution in [2.45, 2.75) is 19.3 Å². The summed E-state index contributed by atoms with van der Waals surface area (Å²) in [5.41, 5.74) is 1.82. The molecule has 1 aliphatic heterocycles. The minimum absolute atomic E-state index is 0.155. The number of piperidine rings is 1. The van der Waals surface area contributed by atoms with Crippen LogP contribution < -0.4 is 15.0 Å². The van der Waals surface area contributed by atoms with Crippen LogP contribution in [0.5, 0.6) is 5.75 Å². The Bertz CT molecular complexity index is 699. The lowest BCUT2D eigenvalue weighted by Gasteiger charge is -2.30. The van der Waals surface area contributed by atoms with Crippen molar-refractivity contribution >= 4 is 17.3 Å². The van der Waals surface area contributed by atoms with E-state index < -0.39 is 0 Å². The van der Waals surface area contributed by atoms with Gasteiger partial charge < -0.3 is 15.0 Å². The number of para-hydroxylation sites is 2. The van der Waals surface area contributed by atoms with E-state index in [4.69, 9.17) is 4.74 Å². The second-order valence-electron chi connectivity index (χ2n) is 5.86. The molecule has 5 heteroatoms. The van der Waals surface area contributed by atoms with E-state index in [-0.39, 0.29) is 18.3 Å². The van der Waals surface area contributed by atoms with Crippen molar-refractivity contribution in [2.75, 3.05) is 29.9 Å². The van der Waals surface area contributed by atoms with E-state index >= 15 is 0 Å². The van der Waals surface area contributed by atoms with Crippen molar-refractivity contribution in [2.24, 2.45) is 0 Å². The minimum atomic E-state index is -0.386. The molecule has 1 N–H and O–H groups in total. The standard InChI is InChI=1S/C19H21FN2O2/c20-15-7-6-8-16(13-15)24-14-19(23)21-17-9-2-3-10-18(17)22-11-4-1-5-12-22/h2-3,6-10,13H,1,4-5,11-12,14H2,(H,21,23). The van der Waals surface area contributed by atoms with Crippen molar-refractivity contribution in [3.63, 3.8) is 0 Å². The van der Waals surface area contributed by atoms with Gasteiger partial charge in [0.1, 0.15) is 11.6 Å². The summed E-state index contributed by atoms with van der Waals surface area (Å²) in [5.74, 6) is -0.304. The molecule has 1 heterocycles. The van der Waals surface area contributed by atoms with E-state index in [2.05, 4.69) is 10.2 Å². The highest BCUT2D eigenvalue weighted by atomic mass is 19.1. The molecule has 0 aliphatic carbocycles. The molecule has 4 nitrogen and oxygen atoms in total. The maximum atomic E-state index is 13.1. The monoisotopic (exact) mass is 328 g/mol. The van der Waals surface area contributed by atoms with Gasteiger partial charge in [-0.2, -0.15) is 0 Å². The second kappa shape index (κ2) is 7.81. The minimum Gasteiger partial charge on any atom is -0.484 e. The van der Waals surface area contributed by atoms with E-state index in [9.17, 15) is 9.18 Å². The first-order valence-electron chi connectivity index (χ1n) is 8.24. The topological polar surface area (TPSA) is 41.6 Å². The first-order chi connectivity index (χ1) is 11.7. The van der Waals surface area contributed by atoms with Crippen LogP contribution in [0, 0.1) is 5.82 Å². The number of amides is 1. The summed E-state index contributed by atoms with van der Waals surface area (Å²) in [6.07, 6.45) is 3.60. The highest BCUT2D eigenvalue weighted by molar-refractivity contribution is 5.95. The SMILES string of the molecule is O=C(COc1cccc(F)c1)Nc1ccccc1N1CCCCC1. The normalized spacial score (nSPS) is 14.3. The molecule has 0 spiro atoms. The average molecular weight is 328 g/mol. The lowest BCUT2D eigenvalue weighted by molar-refractivity contribution is -0.118. The Kier molecular flexibility index (Phi) is 5.31. The van der Waals surface area contributed by atoms with Gasteiger partial charge in [-0.05, 0) is 43.5 Å². The summed E-state index contributed by atoms with van der Waals surface area (Å²) in [5, 5.41) is 2.89. The molecule has 1 saturated heterocycles. The molecule has 0 saturated carbocycles. The molecule has 0 aromatic heterocycles. The smallest absolute Gasteiger partial charge is 0.262 e. The van der Waals surface area contributed by atoms with E-state index in [0.717, 1.165) is 24.5 Å². The fourth-order valence-electron chi connectivity index (χ4n) is 2.88. The zero-order chi connectivity index (χ0) is 16.8. The van der Waals surface area contributed by atoms with Gasteiger partial charge in [0.2, 0.25) is 0 Å². The molecule has 0 unspecified atom stereocenters. The Morgan fingerprint density at radius 2 is 1.88 bits per heavy atom. The van der Waals surface area contributed by atoms with Gasteiger partial charge in [0.25, 0.3) is 5.91 Å². The van der Waals surface area contributed by atoms with E-state index in [1.807, 2.05) is 24.3 Å². The maximum absolute atomic E-state index is 13.1. The number of ether oxygens (including phenoxy) is 1. The predicted octanol–water partition coefficient (Wildman–Crippen LogP) is 3.83. The summed E-state index contributed by atoms with van der Waals surface area (Å²) in [4.78, 5) is 14.5. The van der Waals surface area contributed by atoms with E-state index in [1.54, 1.807) is 12.1 Å². The number of anilines is 2. The van der Waals surface area contributed by atoms with Crippen molar-refractivity contribution in [1.82, 2.24) is 0 Å². The Hall–Kier alpha value is -2.56. The van der Waals surface area contributed by atoms with Gasteiger partial charge >= 0.3 is 0 Å². The van der Waals surface area contributed by atoms with Crippen molar-refractivity contribution in [3.8, 4) is 5.75 Å². The van der Waals surface area contributed by atoms with Crippen LogP contribution in [0.2, 0.25) is 0 Å². The van der Waals surface area contributed by atoms with Gasteiger partial charge in [-0.15, -0.1) is 0 Å². The largest absolute Gasteiger partial charge is 0.484 e. The number of hydrogen-bond acceptors (Lipinski definition) is 3. The first-order valence-corrected chi connectivity index (χ1v) is 8.24. The predicted molar refractivity (Wildman–Crippen MR) is 93.0 cm³/mol. The number of halogens is 1. The van der Waals surface area contributed by atoms with Crippen LogP contribution in [-0.2, 0) is 4.79 Å². The molecule has 1 amide bonds. The Morgan fingerprint density at radius 1 is 1.08 bits per heavy atom. The Balaban J connectivity index is 1.62. The summed E-state index contributed by atoms with van der Waals surface area (Å²) >= 11 is 0. The van der Waals surface area contributed by atoms with Crippen LogP contribution >= 0.6 is 0 Å². The van der Waals surface area contributed by atoms with Crippen LogP contribution in [0.3, 0.4) is 0 Å². The fraction of sp³-hybridized carbons (Fsp3) is 0.316. The molecule has 1 fully saturated rings. The number of carbonyl (C=O) groups is 1. The highest BCUT2D eigenvalue weighted by Gasteiger charge is 2.15. The van der Waals surface area contributed by atoms with Crippen molar-refractivity contribution in [3.05, 3.63) is 54.3 Å². The first kappa shape index (κ1) is 16.3. The summed E-state index contributed by atoms with van der Waals surface area (Å²) in [6.45, 7) is 1.86. The number of benzene rings is 2. The molecular formula is C19H21FN2O2. The molecule has 24 heavy (non-hydrogen) atoms. The van der Waals surface area contributed by atoms with Gasteiger partial charge in [0, 0.05) is 19.2 Å². The number of nitrogens with one attached hydrogen (secondary N) is 1. The maximum Gasteiger partial charge on any atom is 0.262 e. The third-order valence-corrected chi connectivity index (χ3v) is 4.04. The molecule has 2 aromatic carbocycles. The van der Waals surface area contributed by atoms with Gasteiger partial charge in [-0.3, -0.25) is 4.79 Å². The van der Waals surface area contributed by atoms with Gasteiger partial charge in [0.15, 0.2) is 6.61 Å².